The molecule has 0 saturated carbocycles. The summed E-state index contributed by atoms with van der Waals surface area (Å²) in [6.45, 7) is 0. The highest BCUT2D eigenvalue weighted by molar-refractivity contribution is 5.83. The molecule has 2 aromatic carbocycles. The fourth-order valence-electron chi connectivity index (χ4n) is 2.65. The highest BCUT2D eigenvalue weighted by atomic mass is 16.2. The molecule has 7 nitrogen and oxygen atoms in total. The van der Waals surface area contributed by atoms with Crippen LogP contribution in [-0.2, 0) is 6.42 Å². The lowest BCUT2D eigenvalue weighted by molar-refractivity contribution is 0.237. The number of carbonyl (C=O) groups excluding carboxylic acids is 1. The number of hydrogen-bond acceptors (Lipinski definition) is 5. The van der Waals surface area contributed by atoms with E-state index in [9.17, 15) is 4.79 Å². The van der Waals surface area contributed by atoms with Crippen LogP contribution in [0.4, 0.5) is 4.79 Å². The van der Waals surface area contributed by atoms with Gasteiger partial charge in [-0.15, -0.1) is 10.2 Å². The SMILES string of the molecule is O=C(n1ccnn1)n1nnc(Cc2ccccc2)c1-c1ccccc1. The van der Waals surface area contributed by atoms with Crippen LogP contribution in [-0.4, -0.2) is 36.0 Å². The molecule has 7 heteroatoms. The summed E-state index contributed by atoms with van der Waals surface area (Å²) in [5.41, 5.74) is 3.35. The number of benzene rings is 2. The molecule has 2 aromatic heterocycles. The van der Waals surface area contributed by atoms with Crippen molar-refractivity contribution >= 4 is 6.03 Å². The summed E-state index contributed by atoms with van der Waals surface area (Å²) >= 11 is 0. The largest absolute Gasteiger partial charge is 0.372 e. The van der Waals surface area contributed by atoms with Crippen molar-refractivity contribution in [2.75, 3.05) is 0 Å². The monoisotopic (exact) mass is 330 g/mol. The summed E-state index contributed by atoms with van der Waals surface area (Å²) in [5.74, 6) is 0. The summed E-state index contributed by atoms with van der Waals surface area (Å²) in [4.78, 5) is 12.7. The van der Waals surface area contributed by atoms with Gasteiger partial charge in [-0.05, 0) is 5.56 Å². The molecule has 0 aliphatic heterocycles. The topological polar surface area (TPSA) is 78.5 Å². The van der Waals surface area contributed by atoms with Gasteiger partial charge in [-0.3, -0.25) is 0 Å². The van der Waals surface area contributed by atoms with Crippen molar-refractivity contribution in [1.82, 2.24) is 30.0 Å². The number of rotatable bonds is 3. The minimum Gasteiger partial charge on any atom is -0.243 e. The first-order chi connectivity index (χ1) is 12.3. The summed E-state index contributed by atoms with van der Waals surface area (Å²) in [7, 11) is 0. The Labute approximate surface area is 143 Å². The van der Waals surface area contributed by atoms with Crippen LogP contribution in [0.25, 0.3) is 11.3 Å². The zero-order valence-electron chi connectivity index (χ0n) is 13.2. The summed E-state index contributed by atoms with van der Waals surface area (Å²) in [6, 6.07) is 19.1. The maximum absolute atomic E-state index is 12.7. The minimum atomic E-state index is -0.428. The molecule has 0 N–H and O–H groups in total. The Balaban J connectivity index is 1.81. The van der Waals surface area contributed by atoms with E-state index in [0.717, 1.165) is 21.5 Å². The van der Waals surface area contributed by atoms with Crippen LogP contribution in [0.3, 0.4) is 0 Å². The molecule has 0 saturated heterocycles. The highest BCUT2D eigenvalue weighted by Crippen LogP contribution is 2.24. The van der Waals surface area contributed by atoms with Gasteiger partial charge >= 0.3 is 6.03 Å². The fourth-order valence-corrected chi connectivity index (χ4v) is 2.65. The first-order valence-corrected chi connectivity index (χ1v) is 7.78. The predicted octanol–water partition coefficient (Wildman–Crippen LogP) is 2.64. The zero-order chi connectivity index (χ0) is 17.1. The van der Waals surface area contributed by atoms with E-state index in [4.69, 9.17) is 0 Å². The zero-order valence-corrected chi connectivity index (χ0v) is 13.2. The van der Waals surface area contributed by atoms with Gasteiger partial charge in [-0.2, -0.15) is 9.36 Å². The molecule has 0 atom stereocenters. The summed E-state index contributed by atoms with van der Waals surface area (Å²) in [5, 5.41) is 15.7. The average Bonchev–Trinajstić information content (AvgIpc) is 3.33. The van der Waals surface area contributed by atoms with Gasteiger partial charge in [0.15, 0.2) is 0 Å². The molecule has 0 fully saturated rings. The second-order valence-corrected chi connectivity index (χ2v) is 5.46. The summed E-state index contributed by atoms with van der Waals surface area (Å²) in [6.07, 6.45) is 3.51. The Morgan fingerprint density at radius 1 is 0.920 bits per heavy atom. The molecule has 0 aliphatic carbocycles. The molecule has 0 bridgehead atoms. The van der Waals surface area contributed by atoms with Crippen molar-refractivity contribution in [2.24, 2.45) is 0 Å². The van der Waals surface area contributed by atoms with Crippen LogP contribution in [0, 0.1) is 0 Å². The van der Waals surface area contributed by atoms with E-state index in [0.29, 0.717) is 12.1 Å². The molecule has 4 aromatic rings. The van der Waals surface area contributed by atoms with E-state index in [-0.39, 0.29) is 0 Å². The van der Waals surface area contributed by atoms with Gasteiger partial charge in [-0.1, -0.05) is 71.1 Å². The molecular formula is C18H14N6O. The van der Waals surface area contributed by atoms with E-state index in [2.05, 4.69) is 20.6 Å². The van der Waals surface area contributed by atoms with Crippen molar-refractivity contribution in [2.45, 2.75) is 6.42 Å². The van der Waals surface area contributed by atoms with Crippen LogP contribution < -0.4 is 0 Å². The first kappa shape index (κ1) is 14.9. The van der Waals surface area contributed by atoms with Gasteiger partial charge in [0.25, 0.3) is 0 Å². The van der Waals surface area contributed by atoms with Crippen molar-refractivity contribution in [1.29, 1.82) is 0 Å². The third kappa shape index (κ3) is 2.94. The Morgan fingerprint density at radius 3 is 2.32 bits per heavy atom. The van der Waals surface area contributed by atoms with E-state index < -0.39 is 6.03 Å². The van der Waals surface area contributed by atoms with Gasteiger partial charge in [0.2, 0.25) is 0 Å². The van der Waals surface area contributed by atoms with Gasteiger partial charge in [0.05, 0.1) is 18.1 Å². The van der Waals surface area contributed by atoms with Crippen LogP contribution in [0.5, 0.6) is 0 Å². The van der Waals surface area contributed by atoms with Crippen molar-refractivity contribution < 1.29 is 4.79 Å². The molecule has 0 aliphatic rings. The normalized spacial score (nSPS) is 10.7. The predicted molar refractivity (Wildman–Crippen MR) is 90.9 cm³/mol. The van der Waals surface area contributed by atoms with Crippen LogP contribution in [0.2, 0.25) is 0 Å². The molecular weight excluding hydrogens is 316 g/mol. The number of carbonyl (C=O) groups is 1. The smallest absolute Gasteiger partial charge is 0.243 e. The average molecular weight is 330 g/mol. The molecule has 122 valence electrons. The van der Waals surface area contributed by atoms with Crippen molar-refractivity contribution in [3.63, 3.8) is 0 Å². The van der Waals surface area contributed by atoms with Gasteiger partial charge in [0, 0.05) is 12.0 Å². The van der Waals surface area contributed by atoms with Crippen LogP contribution >= 0.6 is 0 Å². The van der Waals surface area contributed by atoms with E-state index in [1.54, 1.807) is 0 Å². The number of nitrogens with zero attached hydrogens (tertiary/aromatic N) is 6. The number of aromatic nitrogens is 6. The molecule has 0 spiro atoms. The quantitative estimate of drug-likeness (QED) is 0.577. The second kappa shape index (κ2) is 6.48. The Morgan fingerprint density at radius 2 is 1.64 bits per heavy atom. The Hall–Kier alpha value is -3.61. The minimum absolute atomic E-state index is 0.428. The lowest BCUT2D eigenvalue weighted by Crippen LogP contribution is -2.22. The maximum atomic E-state index is 12.7. The van der Waals surface area contributed by atoms with E-state index >= 15 is 0 Å². The van der Waals surface area contributed by atoms with Crippen LogP contribution in [0.15, 0.2) is 73.1 Å². The Kier molecular flexibility index (Phi) is 3.88. The molecule has 25 heavy (non-hydrogen) atoms. The lowest BCUT2D eigenvalue weighted by atomic mass is 10.0. The van der Waals surface area contributed by atoms with E-state index in [1.807, 2.05) is 60.7 Å². The number of hydrogen-bond donors (Lipinski definition) is 0. The standard InChI is InChI=1S/C18H14N6O/c25-18(23-12-11-19-21-23)24-17(15-9-5-2-6-10-15)16(20-22-24)13-14-7-3-1-4-8-14/h1-12H,13H2. The van der Waals surface area contributed by atoms with E-state index in [1.165, 1.54) is 17.1 Å². The third-order valence-corrected chi connectivity index (χ3v) is 3.80. The molecule has 0 amide bonds. The first-order valence-electron chi connectivity index (χ1n) is 7.78. The molecule has 0 radical (unpaired) electrons. The molecule has 2 heterocycles. The fraction of sp³-hybridized carbons (Fsp3) is 0.0556. The Bertz CT molecular complexity index is 977. The second-order valence-electron chi connectivity index (χ2n) is 5.46. The lowest BCUT2D eigenvalue weighted by Gasteiger charge is -2.07. The van der Waals surface area contributed by atoms with Gasteiger partial charge in [-0.25, -0.2) is 4.79 Å². The maximum Gasteiger partial charge on any atom is 0.372 e. The van der Waals surface area contributed by atoms with Gasteiger partial charge in [0.1, 0.15) is 5.69 Å². The molecule has 0 unspecified atom stereocenters. The van der Waals surface area contributed by atoms with Crippen molar-refractivity contribution in [3.8, 4) is 11.3 Å². The summed E-state index contributed by atoms with van der Waals surface area (Å²) < 4.78 is 2.40. The van der Waals surface area contributed by atoms with Gasteiger partial charge < -0.3 is 0 Å². The van der Waals surface area contributed by atoms with Crippen molar-refractivity contribution in [3.05, 3.63) is 84.3 Å². The van der Waals surface area contributed by atoms with Crippen LogP contribution in [0.1, 0.15) is 11.3 Å². The molecule has 4 rings (SSSR count). The third-order valence-electron chi connectivity index (χ3n) is 3.80. The highest BCUT2D eigenvalue weighted by Gasteiger charge is 2.21.